The molecular weight excluding hydrogens is 355 g/mol. The fourth-order valence-electron chi connectivity index (χ4n) is 3.17. The topological polar surface area (TPSA) is 35.6 Å². The predicted molar refractivity (Wildman–Crippen MR) is 99.9 cm³/mol. The second kappa shape index (κ2) is 8.00. The fourth-order valence-corrected chi connectivity index (χ4v) is 3.17. The number of piperazine rings is 1. The molecule has 2 aromatic rings. The van der Waals surface area contributed by atoms with E-state index in [1.807, 2.05) is 41.0 Å². The summed E-state index contributed by atoms with van der Waals surface area (Å²) in [5.74, 6) is -0.0897. The van der Waals surface area contributed by atoms with E-state index in [1.54, 1.807) is 6.07 Å². The van der Waals surface area contributed by atoms with Crippen LogP contribution in [0.3, 0.4) is 0 Å². The van der Waals surface area contributed by atoms with Crippen LogP contribution in [0.25, 0.3) is 0 Å². The van der Waals surface area contributed by atoms with E-state index >= 15 is 0 Å². The number of halogens is 3. The molecule has 0 spiro atoms. The highest BCUT2D eigenvalue weighted by molar-refractivity contribution is 5.92. The lowest BCUT2D eigenvalue weighted by Crippen LogP contribution is -2.48. The van der Waals surface area contributed by atoms with Gasteiger partial charge in [-0.2, -0.15) is 13.2 Å². The van der Waals surface area contributed by atoms with Crippen LogP contribution in [0.2, 0.25) is 0 Å². The maximum Gasteiger partial charge on any atom is 0.416 e. The van der Waals surface area contributed by atoms with Crippen LogP contribution >= 0.6 is 0 Å². The highest BCUT2D eigenvalue weighted by Gasteiger charge is 2.31. The molecule has 1 heterocycles. The van der Waals surface area contributed by atoms with Gasteiger partial charge in [-0.25, -0.2) is 0 Å². The summed E-state index contributed by atoms with van der Waals surface area (Å²) in [4.78, 5) is 16.1. The second-order valence-corrected chi connectivity index (χ2v) is 6.73. The van der Waals surface area contributed by atoms with Crippen molar-refractivity contribution in [2.45, 2.75) is 13.1 Å². The fraction of sp³-hybridized carbons (Fsp3) is 0.350. The van der Waals surface area contributed by atoms with Crippen molar-refractivity contribution in [3.63, 3.8) is 0 Å². The van der Waals surface area contributed by atoms with Gasteiger partial charge in [0.2, 0.25) is 5.91 Å². The molecule has 2 aromatic carbocycles. The summed E-state index contributed by atoms with van der Waals surface area (Å²) >= 11 is 0. The lowest BCUT2D eigenvalue weighted by Gasteiger charge is -2.36. The smallest absolute Gasteiger partial charge is 0.369 e. The van der Waals surface area contributed by atoms with E-state index in [0.717, 1.165) is 17.3 Å². The SMILES string of the molecule is Cc1cccc(NC(=O)CN2CCN(c3cccc(C(F)(F)F)c3)CC2)c1. The maximum atomic E-state index is 12.9. The zero-order valence-electron chi connectivity index (χ0n) is 15.1. The van der Waals surface area contributed by atoms with E-state index in [1.165, 1.54) is 12.1 Å². The van der Waals surface area contributed by atoms with Gasteiger partial charge in [-0.1, -0.05) is 18.2 Å². The van der Waals surface area contributed by atoms with Crippen LogP contribution in [0.5, 0.6) is 0 Å². The molecule has 0 aliphatic carbocycles. The number of nitrogens with one attached hydrogen (secondary N) is 1. The van der Waals surface area contributed by atoms with Gasteiger partial charge < -0.3 is 10.2 Å². The Morgan fingerprint density at radius 3 is 2.41 bits per heavy atom. The van der Waals surface area contributed by atoms with E-state index in [9.17, 15) is 18.0 Å². The van der Waals surface area contributed by atoms with Gasteiger partial charge in [-0.15, -0.1) is 0 Å². The van der Waals surface area contributed by atoms with Crippen molar-refractivity contribution in [3.05, 3.63) is 59.7 Å². The van der Waals surface area contributed by atoms with Gasteiger partial charge >= 0.3 is 6.18 Å². The molecule has 0 saturated carbocycles. The standard InChI is InChI=1S/C20H22F3N3O/c1-15-4-2-6-17(12-15)24-19(27)14-25-8-10-26(11-9-25)18-7-3-5-16(13-18)20(21,22)23/h2-7,12-13H,8-11,14H2,1H3,(H,24,27). The minimum absolute atomic E-state index is 0.0897. The summed E-state index contributed by atoms with van der Waals surface area (Å²) in [6.07, 6.45) is -4.34. The van der Waals surface area contributed by atoms with E-state index in [4.69, 9.17) is 0 Å². The number of nitrogens with zero attached hydrogens (tertiary/aromatic N) is 2. The zero-order chi connectivity index (χ0) is 19.4. The monoisotopic (exact) mass is 377 g/mol. The molecule has 1 N–H and O–H groups in total. The zero-order valence-corrected chi connectivity index (χ0v) is 15.1. The molecule has 1 fully saturated rings. The third-order valence-electron chi connectivity index (χ3n) is 4.58. The molecule has 1 saturated heterocycles. The molecule has 27 heavy (non-hydrogen) atoms. The summed E-state index contributed by atoms with van der Waals surface area (Å²) in [7, 11) is 0. The van der Waals surface area contributed by atoms with Crippen molar-refractivity contribution in [1.82, 2.24) is 4.90 Å². The lowest BCUT2D eigenvalue weighted by molar-refractivity contribution is -0.137. The van der Waals surface area contributed by atoms with Crippen molar-refractivity contribution in [3.8, 4) is 0 Å². The molecule has 1 amide bonds. The third kappa shape index (κ3) is 5.23. The van der Waals surface area contributed by atoms with Gasteiger partial charge in [0.1, 0.15) is 0 Å². The number of carbonyl (C=O) groups is 1. The van der Waals surface area contributed by atoms with Crippen molar-refractivity contribution in [1.29, 1.82) is 0 Å². The Labute approximate surface area is 156 Å². The normalized spacial score (nSPS) is 15.6. The molecule has 0 atom stereocenters. The van der Waals surface area contributed by atoms with Crippen LogP contribution in [-0.2, 0) is 11.0 Å². The number of anilines is 2. The maximum absolute atomic E-state index is 12.9. The minimum atomic E-state index is -4.34. The third-order valence-corrected chi connectivity index (χ3v) is 4.58. The minimum Gasteiger partial charge on any atom is -0.369 e. The quantitative estimate of drug-likeness (QED) is 0.881. The number of hydrogen-bond donors (Lipinski definition) is 1. The van der Waals surface area contributed by atoms with Crippen LogP contribution in [0.15, 0.2) is 48.5 Å². The van der Waals surface area contributed by atoms with Crippen molar-refractivity contribution in [2.75, 3.05) is 42.9 Å². The van der Waals surface area contributed by atoms with Gasteiger partial charge in [0.05, 0.1) is 12.1 Å². The van der Waals surface area contributed by atoms with Gasteiger partial charge in [-0.3, -0.25) is 9.69 Å². The molecule has 4 nitrogen and oxygen atoms in total. The first-order chi connectivity index (χ1) is 12.8. The van der Waals surface area contributed by atoms with E-state index < -0.39 is 11.7 Å². The number of carbonyl (C=O) groups excluding carboxylic acids is 1. The van der Waals surface area contributed by atoms with Crippen LogP contribution < -0.4 is 10.2 Å². The summed E-state index contributed by atoms with van der Waals surface area (Å²) < 4.78 is 38.6. The number of benzene rings is 2. The van der Waals surface area contributed by atoms with Crippen LogP contribution in [0.1, 0.15) is 11.1 Å². The number of aryl methyl sites for hydroxylation is 1. The molecule has 1 aliphatic rings. The second-order valence-electron chi connectivity index (χ2n) is 6.73. The molecular formula is C20H22F3N3O. The first kappa shape index (κ1) is 19.2. The Kier molecular flexibility index (Phi) is 5.70. The highest BCUT2D eigenvalue weighted by atomic mass is 19.4. The summed E-state index contributed by atoms with van der Waals surface area (Å²) in [5, 5.41) is 2.88. The van der Waals surface area contributed by atoms with E-state index in [-0.39, 0.29) is 12.5 Å². The molecule has 3 rings (SSSR count). The van der Waals surface area contributed by atoms with Gasteiger partial charge in [0, 0.05) is 37.6 Å². The van der Waals surface area contributed by atoms with Crippen molar-refractivity contribution >= 4 is 17.3 Å². The highest BCUT2D eigenvalue weighted by Crippen LogP contribution is 2.31. The Hall–Kier alpha value is -2.54. The number of amides is 1. The largest absolute Gasteiger partial charge is 0.416 e. The summed E-state index contributed by atoms with van der Waals surface area (Å²) in [6.45, 7) is 4.64. The first-order valence-electron chi connectivity index (χ1n) is 8.82. The molecule has 0 bridgehead atoms. The van der Waals surface area contributed by atoms with Crippen LogP contribution in [-0.4, -0.2) is 43.5 Å². The van der Waals surface area contributed by atoms with Crippen LogP contribution in [0, 0.1) is 6.92 Å². The van der Waals surface area contributed by atoms with Crippen LogP contribution in [0.4, 0.5) is 24.5 Å². The van der Waals surface area contributed by atoms with Crippen molar-refractivity contribution < 1.29 is 18.0 Å². The lowest BCUT2D eigenvalue weighted by atomic mass is 10.1. The molecule has 7 heteroatoms. The Balaban J connectivity index is 1.52. The summed E-state index contributed by atoms with van der Waals surface area (Å²) in [5.41, 5.74) is 1.76. The molecule has 0 unspecified atom stereocenters. The van der Waals surface area contributed by atoms with E-state index in [2.05, 4.69) is 5.32 Å². The number of alkyl halides is 3. The van der Waals surface area contributed by atoms with Gasteiger partial charge in [-0.05, 0) is 42.8 Å². The van der Waals surface area contributed by atoms with E-state index in [0.29, 0.717) is 31.9 Å². The Morgan fingerprint density at radius 1 is 1.04 bits per heavy atom. The average Bonchev–Trinajstić information content (AvgIpc) is 2.62. The Morgan fingerprint density at radius 2 is 1.74 bits per heavy atom. The summed E-state index contributed by atoms with van der Waals surface area (Å²) in [6, 6.07) is 13.0. The molecule has 0 radical (unpaired) electrons. The Bertz CT molecular complexity index is 799. The molecule has 144 valence electrons. The molecule has 1 aliphatic heterocycles. The van der Waals surface area contributed by atoms with Gasteiger partial charge in [0.25, 0.3) is 0 Å². The first-order valence-corrected chi connectivity index (χ1v) is 8.82. The number of rotatable bonds is 4. The predicted octanol–water partition coefficient (Wildman–Crippen LogP) is 3.77. The van der Waals surface area contributed by atoms with Gasteiger partial charge in [0.15, 0.2) is 0 Å². The molecule has 0 aromatic heterocycles. The number of hydrogen-bond acceptors (Lipinski definition) is 3. The van der Waals surface area contributed by atoms with Crippen molar-refractivity contribution in [2.24, 2.45) is 0 Å². The average molecular weight is 377 g/mol.